The number of halogens is 12. The van der Waals surface area contributed by atoms with Crippen LogP contribution in [0.5, 0.6) is 0 Å². The molecule has 0 aromatic rings. The van der Waals surface area contributed by atoms with Crippen molar-refractivity contribution in [1.29, 1.82) is 0 Å². The SMILES string of the molecule is C.CN1CCNCC1.F[B-](F)(F)F.F[B-](F)(F)F.F[B-](F)(F)F.[H-].[K+]. The summed E-state index contributed by atoms with van der Waals surface area (Å²) in [5, 5.41) is 3.27. The molecule has 0 amide bonds. The molecule has 0 aromatic heterocycles. The van der Waals surface area contributed by atoms with Crippen LogP contribution in [0.1, 0.15) is 8.85 Å². The Morgan fingerprint density at radius 2 is 0.833 bits per heavy atom. The molecule has 1 saturated heterocycles. The van der Waals surface area contributed by atoms with E-state index in [-0.39, 0.29) is 60.2 Å². The summed E-state index contributed by atoms with van der Waals surface area (Å²) in [5.74, 6) is 0. The zero-order chi connectivity index (χ0) is 18.6. The maximum atomic E-state index is 9.75. The predicted molar refractivity (Wildman–Crippen MR) is 68.8 cm³/mol. The van der Waals surface area contributed by atoms with Gasteiger partial charge in [-0.1, -0.05) is 7.43 Å². The Kier molecular flexibility index (Phi) is 25.9. The second-order valence-corrected chi connectivity index (χ2v) is 3.54. The summed E-state index contributed by atoms with van der Waals surface area (Å²) < 4.78 is 117. The maximum absolute atomic E-state index is 9.75. The van der Waals surface area contributed by atoms with E-state index in [4.69, 9.17) is 0 Å². The molecule has 1 aliphatic rings. The number of hydrogen-bond acceptors (Lipinski definition) is 2. The Bertz CT molecular complexity index is 214. The van der Waals surface area contributed by atoms with Crippen LogP contribution in [0.25, 0.3) is 0 Å². The Hall–Kier alpha value is 0.911. The average molecular weight is 417 g/mol. The molecule has 0 aliphatic carbocycles. The van der Waals surface area contributed by atoms with E-state index in [9.17, 15) is 51.8 Å². The molecule has 0 atom stereocenters. The standard InChI is InChI=1S/C5H12N2.CH4.3BF4.K.H/c1-7-4-2-6-3-5-7;;3*2-1(3,4)5;;/h6H,2-5H2,1H3;1H4;;;;;/q;;3*-1;+1;-1. The minimum Gasteiger partial charge on any atom is -1.00 e. The van der Waals surface area contributed by atoms with Crippen LogP contribution in [0.3, 0.4) is 0 Å². The van der Waals surface area contributed by atoms with Crippen molar-refractivity contribution in [3.8, 4) is 0 Å². The Morgan fingerprint density at radius 3 is 0.917 bits per heavy atom. The molecule has 24 heavy (non-hydrogen) atoms. The minimum absolute atomic E-state index is 0. The second kappa shape index (κ2) is 17.3. The van der Waals surface area contributed by atoms with Crippen molar-refractivity contribution in [1.82, 2.24) is 10.2 Å². The number of piperazine rings is 1. The van der Waals surface area contributed by atoms with Crippen LogP contribution in [0.4, 0.5) is 51.8 Å². The van der Waals surface area contributed by atoms with E-state index in [0.717, 1.165) is 13.1 Å². The van der Waals surface area contributed by atoms with Crippen molar-refractivity contribution in [3.05, 3.63) is 0 Å². The minimum atomic E-state index is -6.00. The van der Waals surface area contributed by atoms with E-state index in [2.05, 4.69) is 17.3 Å². The third-order valence-electron chi connectivity index (χ3n) is 1.34. The Balaban J connectivity index is -0.0000000470. The molecule has 1 N–H and O–H groups in total. The van der Waals surface area contributed by atoms with E-state index in [0.29, 0.717) is 0 Å². The van der Waals surface area contributed by atoms with Gasteiger partial charge in [-0.3, -0.25) is 0 Å². The van der Waals surface area contributed by atoms with Crippen LogP contribution in [0.15, 0.2) is 0 Å². The molecule has 1 fully saturated rings. The van der Waals surface area contributed by atoms with Crippen LogP contribution >= 0.6 is 0 Å². The van der Waals surface area contributed by atoms with E-state index in [1.54, 1.807) is 0 Å². The quantitative estimate of drug-likeness (QED) is 0.471. The molecule has 0 aromatic carbocycles. The van der Waals surface area contributed by atoms with Gasteiger partial charge in [0.05, 0.1) is 0 Å². The summed E-state index contributed by atoms with van der Waals surface area (Å²) >= 11 is 0. The zero-order valence-electron chi connectivity index (χ0n) is 13.0. The van der Waals surface area contributed by atoms with E-state index in [1.807, 2.05) is 0 Å². The molecular formula is C6H17B3F12KN2-3. The van der Waals surface area contributed by atoms with Crippen LogP contribution < -0.4 is 56.7 Å². The summed E-state index contributed by atoms with van der Waals surface area (Å²) in [6.45, 7) is 4.74. The fourth-order valence-electron chi connectivity index (χ4n) is 0.777. The summed E-state index contributed by atoms with van der Waals surface area (Å²) in [7, 11) is -15.8. The first-order chi connectivity index (χ1) is 9.39. The zero-order valence-corrected chi connectivity index (χ0v) is 15.2. The summed E-state index contributed by atoms with van der Waals surface area (Å²) in [5.41, 5.74) is 0. The van der Waals surface area contributed by atoms with Gasteiger partial charge in [0.25, 0.3) is 0 Å². The summed E-state index contributed by atoms with van der Waals surface area (Å²) in [6, 6.07) is 0. The van der Waals surface area contributed by atoms with Gasteiger partial charge >= 0.3 is 73.1 Å². The van der Waals surface area contributed by atoms with Crippen LogP contribution in [-0.4, -0.2) is 59.9 Å². The first kappa shape index (κ1) is 35.9. The fourth-order valence-corrected chi connectivity index (χ4v) is 0.777. The van der Waals surface area contributed by atoms with Gasteiger partial charge in [0, 0.05) is 26.2 Å². The molecule has 0 saturated carbocycles. The number of hydrogen-bond donors (Lipinski definition) is 1. The summed E-state index contributed by atoms with van der Waals surface area (Å²) in [4.78, 5) is 2.33. The first-order valence-electron chi connectivity index (χ1n) is 5.41. The number of rotatable bonds is 0. The molecule has 2 nitrogen and oxygen atoms in total. The van der Waals surface area contributed by atoms with E-state index < -0.39 is 21.8 Å². The van der Waals surface area contributed by atoms with Gasteiger partial charge in [0.1, 0.15) is 0 Å². The van der Waals surface area contributed by atoms with Gasteiger partial charge in [0.15, 0.2) is 0 Å². The van der Waals surface area contributed by atoms with Gasteiger partial charge in [-0.2, -0.15) is 0 Å². The number of nitrogens with zero attached hydrogens (tertiary/aromatic N) is 1. The number of likely N-dealkylation sites (N-methyl/N-ethyl adjacent to an activating group) is 1. The van der Waals surface area contributed by atoms with Gasteiger partial charge < -0.3 is 63.4 Å². The third-order valence-corrected chi connectivity index (χ3v) is 1.34. The average Bonchev–Trinajstić information content (AvgIpc) is 2.09. The molecule has 1 aliphatic heterocycles. The van der Waals surface area contributed by atoms with Crippen molar-refractivity contribution in [3.63, 3.8) is 0 Å². The molecule has 1 heterocycles. The van der Waals surface area contributed by atoms with Crippen molar-refractivity contribution in [2.24, 2.45) is 0 Å². The molecule has 1 rings (SSSR count). The van der Waals surface area contributed by atoms with E-state index in [1.165, 1.54) is 13.1 Å². The van der Waals surface area contributed by atoms with Gasteiger partial charge in [-0.05, 0) is 7.05 Å². The third kappa shape index (κ3) is 139. The molecular weight excluding hydrogens is 400 g/mol. The smallest absolute Gasteiger partial charge is 1.00 e. The number of nitrogens with one attached hydrogen (secondary N) is 1. The van der Waals surface area contributed by atoms with Crippen molar-refractivity contribution < 1.29 is 105 Å². The van der Waals surface area contributed by atoms with Crippen LogP contribution in [-0.2, 0) is 0 Å². The van der Waals surface area contributed by atoms with Crippen molar-refractivity contribution >= 4 is 21.8 Å². The van der Waals surface area contributed by atoms with Crippen LogP contribution in [0, 0.1) is 0 Å². The summed E-state index contributed by atoms with van der Waals surface area (Å²) in [6.07, 6.45) is 0. The van der Waals surface area contributed by atoms with Gasteiger partial charge in [0.2, 0.25) is 0 Å². The van der Waals surface area contributed by atoms with Gasteiger partial charge in [-0.15, -0.1) is 0 Å². The fraction of sp³-hybridized carbons (Fsp3) is 1.00. The van der Waals surface area contributed by atoms with Gasteiger partial charge in [-0.25, -0.2) is 0 Å². The molecule has 0 spiro atoms. The van der Waals surface area contributed by atoms with Crippen molar-refractivity contribution in [2.75, 3.05) is 33.2 Å². The molecule has 18 heteroatoms. The molecule has 0 bridgehead atoms. The Morgan fingerprint density at radius 1 is 0.667 bits per heavy atom. The topological polar surface area (TPSA) is 15.3 Å². The molecule has 0 radical (unpaired) electrons. The largest absolute Gasteiger partial charge is 1.00 e. The molecule has 0 unspecified atom stereocenters. The Labute approximate surface area is 176 Å². The predicted octanol–water partition coefficient (Wildman–Crippen LogP) is 1.17. The monoisotopic (exact) mass is 417 g/mol. The van der Waals surface area contributed by atoms with Crippen LogP contribution in [0.2, 0.25) is 0 Å². The van der Waals surface area contributed by atoms with E-state index >= 15 is 0 Å². The normalized spacial score (nSPS) is 14.9. The molecule has 148 valence electrons. The second-order valence-electron chi connectivity index (χ2n) is 3.54. The van der Waals surface area contributed by atoms with Crippen molar-refractivity contribution in [2.45, 2.75) is 7.43 Å². The maximum Gasteiger partial charge on any atom is 1.00 e. The first-order valence-corrected chi connectivity index (χ1v) is 5.41.